The molecule has 1 N–H and O–H groups in total. The van der Waals surface area contributed by atoms with E-state index >= 15 is 0 Å². The van der Waals surface area contributed by atoms with Crippen LogP contribution in [0.3, 0.4) is 0 Å². The highest BCUT2D eigenvalue weighted by molar-refractivity contribution is 5.06. The van der Waals surface area contributed by atoms with Crippen LogP contribution in [-0.4, -0.2) is 49.3 Å². The van der Waals surface area contributed by atoms with Crippen molar-refractivity contribution < 1.29 is 4.74 Å². The number of rotatable bonds is 10. The normalized spacial score (nSPS) is 18.6. The van der Waals surface area contributed by atoms with Crippen molar-refractivity contribution in [2.45, 2.75) is 64.1 Å². The molecule has 0 heterocycles. The minimum absolute atomic E-state index is 0.304. The van der Waals surface area contributed by atoms with E-state index in [0.29, 0.717) is 12.1 Å². The van der Waals surface area contributed by atoms with Gasteiger partial charge in [0.2, 0.25) is 0 Å². The van der Waals surface area contributed by atoms with Gasteiger partial charge in [0.05, 0.1) is 18.8 Å². The van der Waals surface area contributed by atoms with Gasteiger partial charge in [-0.15, -0.1) is 0 Å². The molecule has 0 spiro atoms. The van der Waals surface area contributed by atoms with Crippen molar-refractivity contribution in [2.75, 3.05) is 26.7 Å². The maximum atomic E-state index is 9.28. The lowest BCUT2D eigenvalue weighted by atomic mass is 9.97. The number of nitrogens with zero attached hydrogens (tertiary/aromatic N) is 2. The molecule has 1 aliphatic carbocycles. The summed E-state index contributed by atoms with van der Waals surface area (Å²) in [7, 11) is 2.11. The Hall–Kier alpha value is -0.630. The second kappa shape index (κ2) is 7.84. The van der Waals surface area contributed by atoms with Gasteiger partial charge in [-0.25, -0.2) is 0 Å². The van der Waals surface area contributed by atoms with Crippen LogP contribution in [0.2, 0.25) is 0 Å². The van der Waals surface area contributed by atoms with Crippen LogP contribution in [0.4, 0.5) is 0 Å². The van der Waals surface area contributed by atoms with Crippen LogP contribution in [0.5, 0.6) is 0 Å². The van der Waals surface area contributed by atoms with Crippen LogP contribution in [0.15, 0.2) is 0 Å². The van der Waals surface area contributed by atoms with E-state index in [1.807, 2.05) is 6.92 Å². The molecule has 1 unspecified atom stereocenters. The highest BCUT2D eigenvalue weighted by atomic mass is 16.5. The van der Waals surface area contributed by atoms with Crippen molar-refractivity contribution in [3.8, 4) is 6.07 Å². The predicted octanol–water partition coefficient (Wildman–Crippen LogP) is 2.16. The minimum atomic E-state index is -0.351. The van der Waals surface area contributed by atoms with Crippen molar-refractivity contribution in [1.82, 2.24) is 10.2 Å². The third-order valence-corrected chi connectivity index (χ3v) is 3.49. The summed E-state index contributed by atoms with van der Waals surface area (Å²) >= 11 is 0. The third-order valence-electron chi connectivity index (χ3n) is 3.49. The molecule has 1 atom stereocenters. The predicted molar refractivity (Wildman–Crippen MR) is 78.0 cm³/mol. The fourth-order valence-electron chi connectivity index (χ4n) is 2.10. The highest BCUT2D eigenvalue weighted by Gasteiger charge is 2.31. The maximum absolute atomic E-state index is 9.28. The van der Waals surface area contributed by atoms with E-state index in [1.165, 1.54) is 12.8 Å². The first kappa shape index (κ1) is 16.4. The van der Waals surface area contributed by atoms with E-state index in [2.05, 4.69) is 37.2 Å². The van der Waals surface area contributed by atoms with Crippen LogP contribution in [-0.2, 0) is 4.74 Å². The van der Waals surface area contributed by atoms with E-state index < -0.39 is 0 Å². The fraction of sp³-hybridized carbons (Fsp3) is 0.933. The summed E-state index contributed by atoms with van der Waals surface area (Å²) < 4.78 is 5.54. The Bertz CT molecular complexity index is 296. The minimum Gasteiger partial charge on any atom is -0.377 e. The number of nitriles is 1. The molecule has 1 saturated carbocycles. The van der Waals surface area contributed by atoms with Crippen molar-refractivity contribution in [1.29, 1.82) is 5.26 Å². The molecule has 1 rings (SSSR count). The molecule has 0 amide bonds. The number of ether oxygens (including phenoxy) is 1. The molecule has 0 radical (unpaired) electrons. The summed E-state index contributed by atoms with van der Waals surface area (Å²) in [4.78, 5) is 2.28. The molecule has 0 saturated heterocycles. The summed E-state index contributed by atoms with van der Waals surface area (Å²) in [6.45, 7) is 8.89. The standard InChI is InChI=1S/C15H29N3O/c1-13(2)19-11-10-18(4)9-5-8-15(3,12-16)17-14-6-7-14/h13-14,17H,5-11H2,1-4H3. The smallest absolute Gasteiger partial charge is 0.104 e. The molecule has 110 valence electrons. The topological polar surface area (TPSA) is 48.3 Å². The van der Waals surface area contributed by atoms with Crippen molar-refractivity contribution in [2.24, 2.45) is 0 Å². The Balaban J connectivity index is 2.11. The molecule has 0 aromatic carbocycles. The molecule has 4 heteroatoms. The third kappa shape index (κ3) is 7.51. The molecule has 0 bridgehead atoms. The summed E-state index contributed by atoms with van der Waals surface area (Å²) in [6, 6.07) is 3.01. The van der Waals surface area contributed by atoms with Gasteiger partial charge in [-0.05, 0) is 60.0 Å². The zero-order valence-electron chi connectivity index (χ0n) is 12.9. The average molecular weight is 267 g/mol. The first-order valence-electron chi connectivity index (χ1n) is 7.44. The summed E-state index contributed by atoms with van der Waals surface area (Å²) in [6.07, 6.45) is 4.71. The molecular formula is C15H29N3O. The molecule has 1 aliphatic rings. The SMILES string of the molecule is CC(C)OCCN(C)CCCC(C)(C#N)NC1CC1. The molecular weight excluding hydrogens is 238 g/mol. The van der Waals surface area contributed by atoms with E-state index in [1.54, 1.807) is 0 Å². The van der Waals surface area contributed by atoms with Crippen molar-refractivity contribution >= 4 is 0 Å². The van der Waals surface area contributed by atoms with Crippen LogP contribution >= 0.6 is 0 Å². The monoisotopic (exact) mass is 267 g/mol. The van der Waals surface area contributed by atoms with Crippen molar-refractivity contribution in [3.63, 3.8) is 0 Å². The number of nitrogens with one attached hydrogen (secondary N) is 1. The molecule has 19 heavy (non-hydrogen) atoms. The zero-order valence-corrected chi connectivity index (χ0v) is 12.9. The second-order valence-corrected chi connectivity index (χ2v) is 6.19. The number of likely N-dealkylation sites (N-methyl/N-ethyl adjacent to an activating group) is 1. The second-order valence-electron chi connectivity index (χ2n) is 6.19. The Morgan fingerprint density at radius 1 is 1.42 bits per heavy atom. The zero-order chi connectivity index (χ0) is 14.3. The number of hydrogen-bond donors (Lipinski definition) is 1. The summed E-state index contributed by atoms with van der Waals surface area (Å²) in [5.41, 5.74) is -0.351. The lowest BCUT2D eigenvalue weighted by molar-refractivity contribution is 0.0634. The largest absolute Gasteiger partial charge is 0.377 e. The van der Waals surface area contributed by atoms with E-state index in [9.17, 15) is 5.26 Å². The van der Waals surface area contributed by atoms with Gasteiger partial charge < -0.3 is 9.64 Å². The first-order valence-corrected chi connectivity index (χ1v) is 7.44. The van der Waals surface area contributed by atoms with Gasteiger partial charge in [0.1, 0.15) is 5.54 Å². The molecule has 0 aromatic rings. The van der Waals surface area contributed by atoms with E-state index in [0.717, 1.165) is 32.5 Å². The quantitative estimate of drug-likeness (QED) is 0.659. The summed E-state index contributed by atoms with van der Waals surface area (Å²) in [5.74, 6) is 0. The van der Waals surface area contributed by atoms with Crippen LogP contribution in [0.25, 0.3) is 0 Å². The Kier molecular flexibility index (Phi) is 6.78. The first-order chi connectivity index (χ1) is 8.95. The van der Waals surface area contributed by atoms with Crippen LogP contribution in [0.1, 0.15) is 46.5 Å². The Morgan fingerprint density at radius 2 is 2.11 bits per heavy atom. The van der Waals surface area contributed by atoms with Gasteiger partial charge in [0, 0.05) is 12.6 Å². The maximum Gasteiger partial charge on any atom is 0.104 e. The van der Waals surface area contributed by atoms with Gasteiger partial charge in [0.25, 0.3) is 0 Å². The van der Waals surface area contributed by atoms with Gasteiger partial charge >= 0.3 is 0 Å². The van der Waals surface area contributed by atoms with Gasteiger partial charge in [0.15, 0.2) is 0 Å². The Labute approximate surface area is 118 Å². The summed E-state index contributed by atoms with van der Waals surface area (Å²) in [5, 5.41) is 12.7. The average Bonchev–Trinajstić information content (AvgIpc) is 3.12. The lowest BCUT2D eigenvalue weighted by Gasteiger charge is -2.25. The van der Waals surface area contributed by atoms with E-state index in [4.69, 9.17) is 4.74 Å². The van der Waals surface area contributed by atoms with Crippen LogP contribution in [0, 0.1) is 11.3 Å². The molecule has 0 aliphatic heterocycles. The number of hydrogen-bond acceptors (Lipinski definition) is 4. The fourth-order valence-corrected chi connectivity index (χ4v) is 2.10. The molecule has 4 nitrogen and oxygen atoms in total. The van der Waals surface area contributed by atoms with Gasteiger partial charge in [-0.1, -0.05) is 0 Å². The van der Waals surface area contributed by atoms with Crippen molar-refractivity contribution in [3.05, 3.63) is 0 Å². The van der Waals surface area contributed by atoms with E-state index in [-0.39, 0.29) is 5.54 Å². The van der Waals surface area contributed by atoms with Crippen LogP contribution < -0.4 is 5.32 Å². The highest BCUT2D eigenvalue weighted by Crippen LogP contribution is 2.24. The van der Waals surface area contributed by atoms with Gasteiger partial charge in [-0.2, -0.15) is 5.26 Å². The molecule has 0 aromatic heterocycles. The van der Waals surface area contributed by atoms with Gasteiger partial charge in [-0.3, -0.25) is 5.32 Å². The lowest BCUT2D eigenvalue weighted by Crippen LogP contribution is -2.42. The Morgan fingerprint density at radius 3 is 2.63 bits per heavy atom. The molecule has 1 fully saturated rings.